The minimum Gasteiger partial charge on any atom is -0.381 e. The van der Waals surface area contributed by atoms with Crippen LogP contribution in [0.25, 0.3) is 0 Å². The summed E-state index contributed by atoms with van der Waals surface area (Å²) in [6, 6.07) is 2.11. The van der Waals surface area contributed by atoms with Gasteiger partial charge in [0.15, 0.2) is 0 Å². The monoisotopic (exact) mass is 246 g/mol. The van der Waals surface area contributed by atoms with Crippen molar-refractivity contribution in [1.29, 1.82) is 0 Å². The molecule has 5 atom stereocenters. The van der Waals surface area contributed by atoms with Gasteiger partial charge in [-0.1, -0.05) is 6.42 Å². The zero-order valence-electron chi connectivity index (χ0n) is 10.5. The summed E-state index contributed by atoms with van der Waals surface area (Å²) in [5, 5.41) is 3.52. The summed E-state index contributed by atoms with van der Waals surface area (Å²) >= 11 is 0. The van der Waals surface area contributed by atoms with Crippen molar-refractivity contribution in [3.8, 4) is 0 Å². The average Bonchev–Trinajstić information content (AvgIpc) is 2.99. The quantitative estimate of drug-likeness (QED) is 0.864. The second kappa shape index (κ2) is 3.94. The van der Waals surface area contributed by atoms with Gasteiger partial charge >= 0.3 is 0 Å². The predicted octanol–water partition coefficient (Wildman–Crippen LogP) is 3.46. The first kappa shape index (κ1) is 10.8. The van der Waals surface area contributed by atoms with E-state index in [1.807, 2.05) is 0 Å². The SMILES string of the molecule is Fc1cncc(NC2CC3CC2C2CCCC32)c1. The van der Waals surface area contributed by atoms with E-state index in [0.717, 1.165) is 29.4 Å². The van der Waals surface area contributed by atoms with Crippen molar-refractivity contribution in [2.75, 3.05) is 5.32 Å². The molecule has 1 heterocycles. The molecule has 3 saturated carbocycles. The molecule has 0 aliphatic heterocycles. The molecule has 5 unspecified atom stereocenters. The first-order valence-corrected chi connectivity index (χ1v) is 7.18. The minimum atomic E-state index is -0.248. The maximum Gasteiger partial charge on any atom is 0.143 e. The van der Waals surface area contributed by atoms with Gasteiger partial charge in [-0.3, -0.25) is 4.98 Å². The van der Waals surface area contributed by atoms with E-state index in [0.29, 0.717) is 6.04 Å². The van der Waals surface area contributed by atoms with E-state index in [4.69, 9.17) is 0 Å². The van der Waals surface area contributed by atoms with Crippen LogP contribution >= 0.6 is 0 Å². The van der Waals surface area contributed by atoms with Crippen LogP contribution in [0.4, 0.5) is 10.1 Å². The molecule has 2 nitrogen and oxygen atoms in total. The Hall–Kier alpha value is -1.12. The van der Waals surface area contributed by atoms with Crippen LogP contribution in [0.1, 0.15) is 32.1 Å². The molecule has 18 heavy (non-hydrogen) atoms. The molecule has 1 aromatic heterocycles. The number of anilines is 1. The third kappa shape index (κ3) is 1.56. The smallest absolute Gasteiger partial charge is 0.143 e. The number of nitrogens with one attached hydrogen (secondary N) is 1. The van der Waals surface area contributed by atoms with Crippen LogP contribution in [0.15, 0.2) is 18.5 Å². The Labute approximate surface area is 107 Å². The normalized spacial score (nSPS) is 41.1. The van der Waals surface area contributed by atoms with Gasteiger partial charge < -0.3 is 5.32 Å². The van der Waals surface area contributed by atoms with Gasteiger partial charge in [-0.25, -0.2) is 4.39 Å². The maximum atomic E-state index is 13.1. The lowest BCUT2D eigenvalue weighted by atomic mass is 9.79. The lowest BCUT2D eigenvalue weighted by Crippen LogP contribution is -2.33. The first-order chi connectivity index (χ1) is 8.81. The molecule has 0 spiro atoms. The molecule has 2 bridgehead atoms. The second-order valence-electron chi connectivity index (χ2n) is 6.30. The van der Waals surface area contributed by atoms with Crippen molar-refractivity contribution in [3.63, 3.8) is 0 Å². The minimum absolute atomic E-state index is 0.248. The zero-order chi connectivity index (χ0) is 12.1. The molecule has 0 aromatic carbocycles. The maximum absolute atomic E-state index is 13.1. The highest BCUT2D eigenvalue weighted by Crippen LogP contribution is 2.59. The van der Waals surface area contributed by atoms with Crippen LogP contribution < -0.4 is 5.32 Å². The standard InChI is InChI=1S/C15H19FN2/c16-10-6-11(8-17-7-10)18-15-5-9-4-14(15)13-3-1-2-12(9)13/h6-9,12-15,18H,1-5H2. The van der Waals surface area contributed by atoms with E-state index < -0.39 is 0 Å². The Bertz CT molecular complexity index is 462. The Balaban J connectivity index is 1.51. The summed E-state index contributed by atoms with van der Waals surface area (Å²) < 4.78 is 13.1. The van der Waals surface area contributed by atoms with Gasteiger partial charge in [0.25, 0.3) is 0 Å². The van der Waals surface area contributed by atoms with Crippen LogP contribution in [-0.4, -0.2) is 11.0 Å². The van der Waals surface area contributed by atoms with Crippen LogP contribution in [0, 0.1) is 29.5 Å². The topological polar surface area (TPSA) is 24.9 Å². The van der Waals surface area contributed by atoms with Gasteiger partial charge in [-0.05, 0) is 49.4 Å². The third-order valence-corrected chi connectivity index (χ3v) is 5.49. The molecular formula is C15H19FN2. The molecule has 3 heteroatoms. The number of aromatic nitrogens is 1. The summed E-state index contributed by atoms with van der Waals surface area (Å²) in [7, 11) is 0. The van der Waals surface area contributed by atoms with Gasteiger partial charge in [-0.15, -0.1) is 0 Å². The Morgan fingerprint density at radius 2 is 2.00 bits per heavy atom. The van der Waals surface area contributed by atoms with Crippen molar-refractivity contribution in [2.45, 2.75) is 38.1 Å². The molecular weight excluding hydrogens is 227 g/mol. The largest absolute Gasteiger partial charge is 0.381 e. The van der Waals surface area contributed by atoms with Gasteiger partial charge in [-0.2, -0.15) is 0 Å². The highest BCUT2D eigenvalue weighted by atomic mass is 19.1. The van der Waals surface area contributed by atoms with E-state index in [9.17, 15) is 4.39 Å². The van der Waals surface area contributed by atoms with Crippen LogP contribution in [0.5, 0.6) is 0 Å². The number of pyridine rings is 1. The zero-order valence-corrected chi connectivity index (χ0v) is 10.5. The highest BCUT2D eigenvalue weighted by Gasteiger charge is 2.53. The average molecular weight is 246 g/mol. The van der Waals surface area contributed by atoms with E-state index in [-0.39, 0.29) is 5.82 Å². The van der Waals surface area contributed by atoms with E-state index in [2.05, 4.69) is 10.3 Å². The second-order valence-corrected chi connectivity index (χ2v) is 6.30. The van der Waals surface area contributed by atoms with Crippen LogP contribution in [0.2, 0.25) is 0 Å². The number of nitrogens with zero attached hydrogens (tertiary/aromatic N) is 1. The van der Waals surface area contributed by atoms with Crippen LogP contribution in [0.3, 0.4) is 0 Å². The highest BCUT2D eigenvalue weighted by molar-refractivity contribution is 5.42. The summed E-state index contributed by atoms with van der Waals surface area (Å²) in [6.07, 6.45) is 9.99. The lowest BCUT2D eigenvalue weighted by molar-refractivity contribution is 0.243. The molecule has 3 aliphatic rings. The van der Waals surface area contributed by atoms with Crippen molar-refractivity contribution in [2.24, 2.45) is 23.7 Å². The van der Waals surface area contributed by atoms with E-state index in [1.165, 1.54) is 38.3 Å². The summed E-state index contributed by atoms with van der Waals surface area (Å²) in [4.78, 5) is 3.92. The fraction of sp³-hybridized carbons (Fsp3) is 0.667. The molecule has 3 aliphatic carbocycles. The molecule has 4 rings (SSSR count). The number of hydrogen-bond donors (Lipinski definition) is 1. The van der Waals surface area contributed by atoms with Crippen molar-refractivity contribution in [1.82, 2.24) is 4.98 Å². The van der Waals surface area contributed by atoms with Crippen LogP contribution in [-0.2, 0) is 0 Å². The van der Waals surface area contributed by atoms with Gasteiger partial charge in [0.05, 0.1) is 18.1 Å². The van der Waals surface area contributed by atoms with Crippen molar-refractivity contribution >= 4 is 5.69 Å². The van der Waals surface area contributed by atoms with E-state index in [1.54, 1.807) is 12.3 Å². The molecule has 3 fully saturated rings. The van der Waals surface area contributed by atoms with Crippen molar-refractivity contribution in [3.05, 3.63) is 24.3 Å². The van der Waals surface area contributed by atoms with Gasteiger partial charge in [0, 0.05) is 12.1 Å². The molecule has 1 N–H and O–H groups in total. The number of rotatable bonds is 2. The Morgan fingerprint density at radius 3 is 2.89 bits per heavy atom. The first-order valence-electron chi connectivity index (χ1n) is 7.18. The molecule has 96 valence electrons. The molecule has 0 radical (unpaired) electrons. The summed E-state index contributed by atoms with van der Waals surface area (Å²) in [5.74, 6) is 3.47. The number of hydrogen-bond acceptors (Lipinski definition) is 2. The number of halogens is 1. The predicted molar refractivity (Wildman–Crippen MR) is 68.7 cm³/mol. The molecule has 1 aromatic rings. The third-order valence-electron chi connectivity index (χ3n) is 5.49. The van der Waals surface area contributed by atoms with E-state index >= 15 is 0 Å². The van der Waals surface area contributed by atoms with Gasteiger partial charge in [0.2, 0.25) is 0 Å². The van der Waals surface area contributed by atoms with Gasteiger partial charge in [0.1, 0.15) is 5.82 Å². The fourth-order valence-corrected chi connectivity index (χ4v) is 4.94. The Morgan fingerprint density at radius 1 is 1.11 bits per heavy atom. The summed E-state index contributed by atoms with van der Waals surface area (Å²) in [5.41, 5.74) is 0.849. The number of fused-ring (bicyclic) bond motifs is 5. The lowest BCUT2D eigenvalue weighted by Gasteiger charge is -2.32. The molecule has 0 amide bonds. The van der Waals surface area contributed by atoms with Crippen molar-refractivity contribution < 1.29 is 4.39 Å². The fourth-order valence-electron chi connectivity index (χ4n) is 4.94. The summed E-state index contributed by atoms with van der Waals surface area (Å²) in [6.45, 7) is 0. The molecule has 0 saturated heterocycles. The Kier molecular flexibility index (Phi) is 2.36.